The number of rotatable bonds is 2. The summed E-state index contributed by atoms with van der Waals surface area (Å²) in [6.45, 7) is 0. The zero-order valence-electron chi connectivity index (χ0n) is 11.2. The van der Waals surface area contributed by atoms with Crippen molar-refractivity contribution in [2.45, 2.75) is 5.37 Å². The van der Waals surface area contributed by atoms with Crippen molar-refractivity contribution in [1.29, 1.82) is 0 Å². The van der Waals surface area contributed by atoms with Crippen LogP contribution in [0.1, 0.15) is 15.9 Å². The maximum absolute atomic E-state index is 12.8. The van der Waals surface area contributed by atoms with E-state index < -0.39 is 0 Å². The molecule has 0 N–H and O–H groups in total. The molecule has 3 rings (SSSR count). The summed E-state index contributed by atoms with van der Waals surface area (Å²) in [4.78, 5) is 14.7. The van der Waals surface area contributed by atoms with Crippen molar-refractivity contribution < 1.29 is 4.79 Å². The van der Waals surface area contributed by atoms with Crippen LogP contribution in [0, 0.1) is 0 Å². The fraction of sp³-hybridized carbons (Fsp3) is 0.118. The first-order valence-corrected chi connectivity index (χ1v) is 7.78. The van der Waals surface area contributed by atoms with Crippen LogP contribution < -0.4 is 4.90 Å². The average molecular weight is 281 g/mol. The molecule has 2 aromatic carbocycles. The Bertz CT molecular complexity index is 651. The van der Waals surface area contributed by atoms with Crippen molar-refractivity contribution >= 4 is 29.4 Å². The van der Waals surface area contributed by atoms with E-state index >= 15 is 0 Å². The number of nitrogens with zero attached hydrogens (tertiary/aromatic N) is 1. The zero-order valence-corrected chi connectivity index (χ0v) is 12.0. The van der Waals surface area contributed by atoms with Crippen LogP contribution in [0.2, 0.25) is 0 Å². The van der Waals surface area contributed by atoms with Gasteiger partial charge in [0.25, 0.3) is 5.91 Å². The molecule has 0 saturated heterocycles. The number of benzene rings is 2. The van der Waals surface area contributed by atoms with Gasteiger partial charge in [-0.3, -0.25) is 9.69 Å². The van der Waals surface area contributed by atoms with E-state index in [4.69, 9.17) is 0 Å². The van der Waals surface area contributed by atoms with Gasteiger partial charge in [0.15, 0.2) is 0 Å². The monoisotopic (exact) mass is 281 g/mol. The van der Waals surface area contributed by atoms with Crippen molar-refractivity contribution in [3.63, 3.8) is 0 Å². The molecule has 2 nitrogen and oxygen atoms in total. The van der Waals surface area contributed by atoms with E-state index in [2.05, 4.69) is 12.2 Å². The summed E-state index contributed by atoms with van der Waals surface area (Å²) in [5.41, 5.74) is 2.78. The summed E-state index contributed by atoms with van der Waals surface area (Å²) >= 11 is 1.66. The lowest BCUT2D eigenvalue weighted by Gasteiger charge is -2.33. The maximum Gasteiger partial charge on any atom is 0.259 e. The third-order valence-corrected chi connectivity index (χ3v) is 4.22. The van der Waals surface area contributed by atoms with E-state index in [0.717, 1.165) is 16.8 Å². The molecule has 0 radical (unpaired) electrons. The molecule has 1 atom stereocenters. The predicted molar refractivity (Wildman–Crippen MR) is 86.0 cm³/mol. The summed E-state index contributed by atoms with van der Waals surface area (Å²) in [7, 11) is 0. The summed E-state index contributed by atoms with van der Waals surface area (Å²) in [6, 6.07) is 17.4. The highest BCUT2D eigenvalue weighted by molar-refractivity contribution is 7.99. The molecule has 1 amide bonds. The molecule has 1 heterocycles. The van der Waals surface area contributed by atoms with Gasteiger partial charge in [-0.05, 0) is 30.0 Å². The maximum atomic E-state index is 12.8. The van der Waals surface area contributed by atoms with Crippen molar-refractivity contribution in [2.24, 2.45) is 0 Å². The quantitative estimate of drug-likeness (QED) is 0.827. The number of hydrogen-bond acceptors (Lipinski definition) is 2. The van der Waals surface area contributed by atoms with Crippen molar-refractivity contribution in [3.05, 3.63) is 71.8 Å². The van der Waals surface area contributed by atoms with Gasteiger partial charge in [0.2, 0.25) is 0 Å². The fourth-order valence-corrected chi connectivity index (χ4v) is 3.04. The number of carbonyl (C=O) groups excluding carboxylic acids is 1. The van der Waals surface area contributed by atoms with Crippen molar-refractivity contribution in [1.82, 2.24) is 0 Å². The second-order valence-electron chi connectivity index (χ2n) is 4.59. The van der Waals surface area contributed by atoms with Gasteiger partial charge in [-0.25, -0.2) is 0 Å². The van der Waals surface area contributed by atoms with Crippen LogP contribution in [0.3, 0.4) is 0 Å². The van der Waals surface area contributed by atoms with Crippen LogP contribution in [0.15, 0.2) is 60.7 Å². The van der Waals surface area contributed by atoms with E-state index in [0.29, 0.717) is 0 Å². The smallest absolute Gasteiger partial charge is 0.259 e. The number of carbonyl (C=O) groups is 1. The molecular weight excluding hydrogens is 266 g/mol. The molecule has 3 heteroatoms. The van der Waals surface area contributed by atoms with Crippen LogP contribution in [0.5, 0.6) is 0 Å². The Labute approximate surface area is 123 Å². The first-order chi connectivity index (χ1) is 9.81. The molecule has 1 aliphatic rings. The lowest BCUT2D eigenvalue weighted by Crippen LogP contribution is -2.39. The largest absolute Gasteiger partial charge is 0.292 e. The Balaban J connectivity index is 2.06. The molecule has 0 bridgehead atoms. The van der Waals surface area contributed by atoms with E-state index in [1.165, 1.54) is 0 Å². The molecule has 0 spiro atoms. The molecule has 20 heavy (non-hydrogen) atoms. The van der Waals surface area contributed by atoms with Gasteiger partial charge in [-0.2, -0.15) is 0 Å². The molecule has 0 saturated carbocycles. The van der Waals surface area contributed by atoms with Crippen molar-refractivity contribution in [2.75, 3.05) is 11.2 Å². The minimum absolute atomic E-state index is 0.0395. The van der Waals surface area contributed by atoms with Gasteiger partial charge in [0.05, 0.1) is 5.69 Å². The second-order valence-corrected chi connectivity index (χ2v) is 5.54. The number of hydrogen-bond donors (Lipinski definition) is 0. The van der Waals surface area contributed by atoms with Crippen LogP contribution in [-0.2, 0) is 0 Å². The van der Waals surface area contributed by atoms with E-state index in [1.807, 2.05) is 65.8 Å². The molecule has 0 fully saturated rings. The third kappa shape index (κ3) is 2.25. The Morgan fingerprint density at radius 1 is 1.05 bits per heavy atom. The number of anilines is 1. The molecule has 0 unspecified atom stereocenters. The SMILES string of the molecule is CS[C@H]1C=Cc2ccccc2N1C(=O)c1ccccc1. The number of para-hydroxylation sites is 1. The molecule has 1 aliphatic heterocycles. The Hall–Kier alpha value is -2.00. The second kappa shape index (κ2) is 5.55. The number of fused-ring (bicyclic) bond motifs is 1. The lowest BCUT2D eigenvalue weighted by molar-refractivity contribution is 0.0987. The normalized spacial score (nSPS) is 16.9. The average Bonchev–Trinajstić information content (AvgIpc) is 2.54. The Morgan fingerprint density at radius 2 is 1.75 bits per heavy atom. The van der Waals surface area contributed by atoms with E-state index in [1.54, 1.807) is 11.8 Å². The number of thioether (sulfide) groups is 1. The van der Waals surface area contributed by atoms with Gasteiger partial charge < -0.3 is 0 Å². The summed E-state index contributed by atoms with van der Waals surface area (Å²) < 4.78 is 0. The molecule has 0 aliphatic carbocycles. The molecular formula is C17H15NOS. The first-order valence-electron chi connectivity index (χ1n) is 6.50. The lowest BCUT2D eigenvalue weighted by atomic mass is 10.1. The predicted octanol–water partition coefficient (Wildman–Crippen LogP) is 4.05. The van der Waals surface area contributed by atoms with Gasteiger partial charge in [0, 0.05) is 5.56 Å². The number of amides is 1. The van der Waals surface area contributed by atoms with Gasteiger partial charge in [-0.15, -0.1) is 11.8 Å². The molecule has 2 aromatic rings. The standard InChI is InChI=1S/C17H15NOS/c1-20-16-12-11-13-7-5-6-10-15(13)18(16)17(19)14-8-3-2-4-9-14/h2-12,16H,1H3/t16-/m0/s1. The minimum atomic E-state index is 0.0395. The fourth-order valence-electron chi connectivity index (χ4n) is 2.39. The minimum Gasteiger partial charge on any atom is -0.292 e. The zero-order chi connectivity index (χ0) is 13.9. The van der Waals surface area contributed by atoms with E-state index in [-0.39, 0.29) is 11.3 Å². The topological polar surface area (TPSA) is 20.3 Å². The Kier molecular flexibility index (Phi) is 3.61. The van der Waals surface area contributed by atoms with Crippen LogP contribution >= 0.6 is 11.8 Å². The summed E-state index contributed by atoms with van der Waals surface area (Å²) in [6.07, 6.45) is 6.19. The first kappa shape index (κ1) is 13.0. The van der Waals surface area contributed by atoms with Crippen LogP contribution in [0.25, 0.3) is 6.08 Å². The van der Waals surface area contributed by atoms with Crippen molar-refractivity contribution in [3.8, 4) is 0 Å². The summed E-state index contributed by atoms with van der Waals surface area (Å²) in [5, 5.41) is 0.0395. The van der Waals surface area contributed by atoms with Gasteiger partial charge >= 0.3 is 0 Å². The Morgan fingerprint density at radius 3 is 2.50 bits per heavy atom. The highest BCUT2D eigenvalue weighted by atomic mass is 32.2. The molecule has 100 valence electrons. The van der Waals surface area contributed by atoms with E-state index in [9.17, 15) is 4.79 Å². The van der Waals surface area contributed by atoms with Gasteiger partial charge in [0.1, 0.15) is 5.37 Å². The van der Waals surface area contributed by atoms with Crippen LogP contribution in [-0.4, -0.2) is 17.5 Å². The highest BCUT2D eigenvalue weighted by Gasteiger charge is 2.27. The highest BCUT2D eigenvalue weighted by Crippen LogP contribution is 2.33. The third-order valence-electron chi connectivity index (χ3n) is 3.37. The van der Waals surface area contributed by atoms with Crippen LogP contribution in [0.4, 0.5) is 5.69 Å². The van der Waals surface area contributed by atoms with Gasteiger partial charge in [-0.1, -0.05) is 48.6 Å². The molecule has 0 aromatic heterocycles. The summed E-state index contributed by atoms with van der Waals surface area (Å²) in [5.74, 6) is 0.0433.